The van der Waals surface area contributed by atoms with Crippen molar-refractivity contribution in [1.82, 2.24) is 0 Å². The number of rotatable bonds is 13. The van der Waals surface area contributed by atoms with Crippen LogP contribution in [-0.2, 0) is 9.53 Å². The quantitative estimate of drug-likeness (QED) is 0.140. The van der Waals surface area contributed by atoms with E-state index in [1.165, 1.54) is 37.8 Å². The smallest absolute Gasteiger partial charge is 0.338 e. The zero-order chi connectivity index (χ0) is 23.2. The number of hydrogen-bond acceptors (Lipinski definition) is 6. The average Bonchev–Trinajstić information content (AvgIpc) is 2.79. The second kappa shape index (κ2) is 14.1. The Balaban J connectivity index is 1.82. The Bertz CT molecular complexity index is 897. The number of ether oxygens (including phenoxy) is 2. The summed E-state index contributed by atoms with van der Waals surface area (Å²) in [4.78, 5) is 23.6. The van der Waals surface area contributed by atoms with Gasteiger partial charge in [0.1, 0.15) is 0 Å². The standard InChI is InChI=1S/C25H31FN2O4/c1-3-5-6-7-8-9-10-11-24(29)32-23-17-16-21(18-22(23)26)28-27-20-14-12-19(13-15-20)25(30)31-4-2/h12-18H,3-11H2,1-2H3. The van der Waals surface area contributed by atoms with Gasteiger partial charge in [-0.15, -0.1) is 0 Å². The summed E-state index contributed by atoms with van der Waals surface area (Å²) in [7, 11) is 0. The van der Waals surface area contributed by atoms with Crippen LogP contribution in [0.1, 0.15) is 75.6 Å². The highest BCUT2D eigenvalue weighted by molar-refractivity contribution is 5.89. The van der Waals surface area contributed by atoms with Crippen LogP contribution in [0, 0.1) is 5.82 Å². The molecule has 0 heterocycles. The Labute approximate surface area is 188 Å². The third-order valence-corrected chi connectivity index (χ3v) is 4.78. The fourth-order valence-corrected chi connectivity index (χ4v) is 3.03. The van der Waals surface area contributed by atoms with Gasteiger partial charge in [0.2, 0.25) is 0 Å². The van der Waals surface area contributed by atoms with Gasteiger partial charge in [-0.25, -0.2) is 9.18 Å². The van der Waals surface area contributed by atoms with Gasteiger partial charge in [-0.05, 0) is 49.7 Å². The summed E-state index contributed by atoms with van der Waals surface area (Å²) in [6.07, 6.45) is 7.97. The Kier molecular flexibility index (Phi) is 11.1. The van der Waals surface area contributed by atoms with Crippen molar-refractivity contribution in [2.45, 2.75) is 65.2 Å². The lowest BCUT2D eigenvalue weighted by Crippen LogP contribution is -2.08. The summed E-state index contributed by atoms with van der Waals surface area (Å²) in [5.74, 6) is -1.63. The average molecular weight is 443 g/mol. The van der Waals surface area contributed by atoms with Crippen LogP contribution in [0.15, 0.2) is 52.7 Å². The van der Waals surface area contributed by atoms with E-state index in [0.29, 0.717) is 17.9 Å². The van der Waals surface area contributed by atoms with Gasteiger partial charge in [0.05, 0.1) is 23.5 Å². The molecular weight excluding hydrogens is 411 g/mol. The Morgan fingerprint density at radius 1 is 0.844 bits per heavy atom. The first-order valence-corrected chi connectivity index (χ1v) is 11.2. The predicted octanol–water partition coefficient (Wildman–Crippen LogP) is 7.46. The van der Waals surface area contributed by atoms with E-state index < -0.39 is 17.8 Å². The molecule has 0 bridgehead atoms. The number of esters is 2. The molecule has 0 N–H and O–H groups in total. The van der Waals surface area contributed by atoms with E-state index >= 15 is 0 Å². The van der Waals surface area contributed by atoms with Crippen LogP contribution in [0.25, 0.3) is 0 Å². The van der Waals surface area contributed by atoms with Crippen molar-refractivity contribution in [3.63, 3.8) is 0 Å². The maximum absolute atomic E-state index is 14.3. The minimum absolute atomic E-state index is 0.115. The number of unbranched alkanes of at least 4 members (excludes halogenated alkanes) is 6. The van der Waals surface area contributed by atoms with Gasteiger partial charge in [-0.3, -0.25) is 4.79 Å². The summed E-state index contributed by atoms with van der Waals surface area (Å²) >= 11 is 0. The Morgan fingerprint density at radius 3 is 2.12 bits per heavy atom. The number of benzene rings is 2. The molecule has 2 aromatic carbocycles. The van der Waals surface area contributed by atoms with Crippen LogP contribution in [0.2, 0.25) is 0 Å². The minimum atomic E-state index is -0.674. The zero-order valence-electron chi connectivity index (χ0n) is 18.8. The molecule has 6 nitrogen and oxygen atoms in total. The number of azo groups is 1. The van der Waals surface area contributed by atoms with Crippen molar-refractivity contribution in [3.05, 3.63) is 53.8 Å². The minimum Gasteiger partial charge on any atom is -0.462 e. The molecule has 32 heavy (non-hydrogen) atoms. The highest BCUT2D eigenvalue weighted by atomic mass is 19.1. The van der Waals surface area contributed by atoms with Crippen molar-refractivity contribution in [2.75, 3.05) is 6.61 Å². The highest BCUT2D eigenvalue weighted by Gasteiger charge is 2.10. The molecule has 0 spiro atoms. The van der Waals surface area contributed by atoms with Gasteiger partial charge >= 0.3 is 11.9 Å². The van der Waals surface area contributed by atoms with Crippen LogP contribution in [0.4, 0.5) is 15.8 Å². The molecule has 0 aliphatic heterocycles. The molecule has 7 heteroatoms. The zero-order valence-corrected chi connectivity index (χ0v) is 18.8. The molecule has 0 radical (unpaired) electrons. The van der Waals surface area contributed by atoms with Crippen LogP contribution in [0.5, 0.6) is 5.75 Å². The molecule has 172 valence electrons. The molecule has 2 aromatic rings. The molecular formula is C25H31FN2O4. The van der Waals surface area contributed by atoms with E-state index in [-0.39, 0.29) is 17.9 Å². The number of carbonyl (C=O) groups excluding carboxylic acids is 2. The van der Waals surface area contributed by atoms with Crippen LogP contribution >= 0.6 is 0 Å². The molecule has 2 rings (SSSR count). The van der Waals surface area contributed by atoms with E-state index in [2.05, 4.69) is 17.2 Å². The van der Waals surface area contributed by atoms with Crippen molar-refractivity contribution in [2.24, 2.45) is 10.2 Å². The third kappa shape index (κ3) is 8.96. The Hall–Kier alpha value is -3.09. The SMILES string of the molecule is CCCCCCCCCC(=O)Oc1ccc(N=Nc2ccc(C(=O)OCC)cc2)cc1F. The van der Waals surface area contributed by atoms with Gasteiger partial charge in [0.25, 0.3) is 0 Å². The molecule has 0 unspecified atom stereocenters. The van der Waals surface area contributed by atoms with Crippen LogP contribution < -0.4 is 4.74 Å². The predicted molar refractivity (Wildman–Crippen MR) is 121 cm³/mol. The number of nitrogens with zero attached hydrogens (tertiary/aromatic N) is 2. The first kappa shape index (κ1) is 25.2. The lowest BCUT2D eigenvalue weighted by atomic mass is 10.1. The number of carbonyl (C=O) groups is 2. The molecule has 0 saturated carbocycles. The first-order chi connectivity index (χ1) is 15.5. The number of halogens is 1. The van der Waals surface area contributed by atoms with E-state index in [1.807, 2.05) is 0 Å². The maximum Gasteiger partial charge on any atom is 0.338 e. The second-order valence-corrected chi connectivity index (χ2v) is 7.43. The van der Waals surface area contributed by atoms with E-state index in [0.717, 1.165) is 25.3 Å². The molecule has 0 aliphatic carbocycles. The normalized spacial score (nSPS) is 11.0. The van der Waals surface area contributed by atoms with E-state index in [1.54, 1.807) is 31.2 Å². The topological polar surface area (TPSA) is 77.3 Å². The molecule has 0 atom stereocenters. The van der Waals surface area contributed by atoms with E-state index in [9.17, 15) is 14.0 Å². The summed E-state index contributed by atoms with van der Waals surface area (Å²) in [5, 5.41) is 8.02. The largest absolute Gasteiger partial charge is 0.462 e. The maximum atomic E-state index is 14.3. The van der Waals surface area contributed by atoms with Crippen molar-refractivity contribution >= 4 is 23.3 Å². The summed E-state index contributed by atoms with van der Waals surface area (Å²) in [5.41, 5.74) is 1.20. The molecule has 0 saturated heterocycles. The molecule has 0 aliphatic rings. The van der Waals surface area contributed by atoms with Gasteiger partial charge in [0.15, 0.2) is 11.6 Å². The molecule has 0 amide bonds. The Morgan fingerprint density at radius 2 is 1.47 bits per heavy atom. The van der Waals surface area contributed by atoms with Gasteiger partial charge in [-0.1, -0.05) is 45.4 Å². The first-order valence-electron chi connectivity index (χ1n) is 11.2. The van der Waals surface area contributed by atoms with E-state index in [4.69, 9.17) is 9.47 Å². The van der Waals surface area contributed by atoms with Gasteiger partial charge in [0, 0.05) is 12.5 Å². The summed E-state index contributed by atoms with van der Waals surface area (Å²) in [6.45, 7) is 4.22. The van der Waals surface area contributed by atoms with Gasteiger partial charge in [-0.2, -0.15) is 10.2 Å². The van der Waals surface area contributed by atoms with Crippen molar-refractivity contribution in [1.29, 1.82) is 0 Å². The van der Waals surface area contributed by atoms with Crippen molar-refractivity contribution in [3.8, 4) is 5.75 Å². The van der Waals surface area contributed by atoms with Gasteiger partial charge < -0.3 is 9.47 Å². The highest BCUT2D eigenvalue weighted by Crippen LogP contribution is 2.25. The fourth-order valence-electron chi connectivity index (χ4n) is 3.03. The lowest BCUT2D eigenvalue weighted by Gasteiger charge is -2.06. The fraction of sp³-hybridized carbons (Fsp3) is 0.440. The molecule has 0 aromatic heterocycles. The van der Waals surface area contributed by atoms with Crippen LogP contribution in [0.3, 0.4) is 0 Å². The second-order valence-electron chi connectivity index (χ2n) is 7.43. The molecule has 0 fully saturated rings. The number of hydrogen-bond donors (Lipinski definition) is 0. The third-order valence-electron chi connectivity index (χ3n) is 4.78. The summed E-state index contributed by atoms with van der Waals surface area (Å²) in [6, 6.07) is 10.5. The van der Waals surface area contributed by atoms with Crippen molar-refractivity contribution < 1.29 is 23.5 Å². The lowest BCUT2D eigenvalue weighted by molar-refractivity contribution is -0.134. The van der Waals surface area contributed by atoms with Crippen LogP contribution in [-0.4, -0.2) is 18.5 Å². The monoisotopic (exact) mass is 442 g/mol. The summed E-state index contributed by atoms with van der Waals surface area (Å²) < 4.78 is 24.3.